The van der Waals surface area contributed by atoms with Crippen LogP contribution in [-0.2, 0) is 20.9 Å². The molecule has 3 heterocycles. The van der Waals surface area contributed by atoms with Crippen molar-refractivity contribution in [2.45, 2.75) is 31.7 Å². The van der Waals surface area contributed by atoms with Crippen LogP contribution in [0, 0.1) is 5.92 Å². The molecular weight excluding hydrogens is 325 g/mol. The SMILES string of the molecule is O=C(C1CCOCC1)N1CC(F)C(OCc2nc3ccccc3[nH]2)C1. The Hall–Kier alpha value is -1.99. The lowest BCUT2D eigenvalue weighted by molar-refractivity contribution is -0.138. The third kappa shape index (κ3) is 3.52. The number of nitrogens with zero attached hydrogens (tertiary/aromatic N) is 2. The third-order valence-corrected chi connectivity index (χ3v) is 4.95. The zero-order valence-corrected chi connectivity index (χ0v) is 14.0. The summed E-state index contributed by atoms with van der Waals surface area (Å²) in [4.78, 5) is 21.7. The van der Waals surface area contributed by atoms with E-state index in [9.17, 15) is 9.18 Å². The quantitative estimate of drug-likeness (QED) is 0.919. The van der Waals surface area contributed by atoms with Gasteiger partial charge in [-0.15, -0.1) is 0 Å². The summed E-state index contributed by atoms with van der Waals surface area (Å²) in [6.07, 6.45) is -0.321. The molecule has 2 saturated heterocycles. The maximum absolute atomic E-state index is 14.3. The van der Waals surface area contributed by atoms with Crippen LogP contribution < -0.4 is 0 Å². The molecule has 2 aromatic rings. The number of amides is 1. The zero-order chi connectivity index (χ0) is 17.2. The molecule has 2 aliphatic rings. The number of fused-ring (bicyclic) bond motifs is 1. The van der Waals surface area contributed by atoms with Gasteiger partial charge in [0.2, 0.25) is 5.91 Å². The van der Waals surface area contributed by atoms with Gasteiger partial charge in [0, 0.05) is 25.7 Å². The number of aromatic amines is 1. The number of ether oxygens (including phenoxy) is 2. The van der Waals surface area contributed by atoms with Crippen LogP contribution in [0.4, 0.5) is 4.39 Å². The second-order valence-corrected chi connectivity index (χ2v) is 6.70. The van der Waals surface area contributed by atoms with Crippen LogP contribution in [-0.4, -0.2) is 59.4 Å². The Kier molecular flexibility index (Phi) is 4.67. The van der Waals surface area contributed by atoms with Gasteiger partial charge in [0.15, 0.2) is 0 Å². The number of likely N-dealkylation sites (tertiary alicyclic amines) is 1. The Morgan fingerprint density at radius 1 is 1.32 bits per heavy atom. The van der Waals surface area contributed by atoms with Crippen molar-refractivity contribution >= 4 is 16.9 Å². The Labute approximate surface area is 145 Å². The number of aromatic nitrogens is 2. The van der Waals surface area contributed by atoms with Gasteiger partial charge in [-0.1, -0.05) is 12.1 Å². The maximum Gasteiger partial charge on any atom is 0.226 e. The molecule has 25 heavy (non-hydrogen) atoms. The Morgan fingerprint density at radius 2 is 2.12 bits per heavy atom. The second kappa shape index (κ2) is 7.09. The van der Waals surface area contributed by atoms with E-state index < -0.39 is 12.3 Å². The van der Waals surface area contributed by atoms with Crippen molar-refractivity contribution in [3.63, 3.8) is 0 Å². The first-order valence-electron chi connectivity index (χ1n) is 8.76. The van der Waals surface area contributed by atoms with Crippen molar-refractivity contribution < 1.29 is 18.7 Å². The summed E-state index contributed by atoms with van der Waals surface area (Å²) < 4.78 is 25.3. The number of alkyl halides is 1. The number of imidazole rings is 1. The number of halogens is 1. The predicted octanol–water partition coefficient (Wildman–Crippen LogP) is 2.05. The molecular formula is C18H22FN3O3. The van der Waals surface area contributed by atoms with Gasteiger partial charge in [0.25, 0.3) is 0 Å². The molecule has 0 saturated carbocycles. The number of carbonyl (C=O) groups is 1. The van der Waals surface area contributed by atoms with Crippen molar-refractivity contribution in [3.05, 3.63) is 30.1 Å². The molecule has 1 aromatic heterocycles. The first-order valence-corrected chi connectivity index (χ1v) is 8.76. The highest BCUT2D eigenvalue weighted by Crippen LogP contribution is 2.24. The molecule has 134 valence electrons. The zero-order valence-electron chi connectivity index (χ0n) is 14.0. The molecule has 0 spiro atoms. The lowest BCUT2D eigenvalue weighted by atomic mass is 9.99. The summed E-state index contributed by atoms with van der Waals surface area (Å²) in [7, 11) is 0. The van der Waals surface area contributed by atoms with Crippen LogP contribution in [0.3, 0.4) is 0 Å². The third-order valence-electron chi connectivity index (χ3n) is 4.95. The molecule has 2 unspecified atom stereocenters. The molecule has 0 aliphatic carbocycles. The highest BCUT2D eigenvalue weighted by atomic mass is 19.1. The van der Waals surface area contributed by atoms with E-state index in [0.717, 1.165) is 23.9 Å². The summed E-state index contributed by atoms with van der Waals surface area (Å²) in [6, 6.07) is 7.70. The normalized spacial score (nSPS) is 24.9. The molecule has 6 nitrogen and oxygen atoms in total. The van der Waals surface area contributed by atoms with Crippen molar-refractivity contribution in [3.8, 4) is 0 Å². The van der Waals surface area contributed by atoms with Crippen LogP contribution in [0.1, 0.15) is 18.7 Å². The Bertz CT molecular complexity index is 711. The molecule has 2 atom stereocenters. The van der Waals surface area contributed by atoms with Crippen molar-refractivity contribution in [1.82, 2.24) is 14.9 Å². The summed E-state index contributed by atoms with van der Waals surface area (Å²) in [6.45, 7) is 1.84. The summed E-state index contributed by atoms with van der Waals surface area (Å²) in [5.74, 6) is 0.651. The molecule has 2 fully saturated rings. The minimum absolute atomic E-state index is 0.0285. The van der Waals surface area contributed by atoms with Gasteiger partial charge in [0.1, 0.15) is 24.7 Å². The lowest BCUT2D eigenvalue weighted by Gasteiger charge is -2.26. The maximum atomic E-state index is 14.3. The van der Waals surface area contributed by atoms with Gasteiger partial charge < -0.3 is 19.4 Å². The van der Waals surface area contributed by atoms with Crippen molar-refractivity contribution in [1.29, 1.82) is 0 Å². The Balaban J connectivity index is 1.34. The average Bonchev–Trinajstić information content (AvgIpc) is 3.23. The number of nitrogens with one attached hydrogen (secondary N) is 1. The number of benzene rings is 1. The first kappa shape index (κ1) is 16.5. The summed E-state index contributed by atoms with van der Waals surface area (Å²) >= 11 is 0. The van der Waals surface area contributed by atoms with Crippen LogP contribution in [0.5, 0.6) is 0 Å². The van der Waals surface area contributed by atoms with Crippen LogP contribution in [0.15, 0.2) is 24.3 Å². The van der Waals surface area contributed by atoms with Gasteiger partial charge in [-0.05, 0) is 25.0 Å². The van der Waals surface area contributed by atoms with E-state index in [1.165, 1.54) is 0 Å². The molecule has 0 radical (unpaired) electrons. The van der Waals surface area contributed by atoms with Gasteiger partial charge in [-0.25, -0.2) is 9.37 Å². The number of hydrogen-bond acceptors (Lipinski definition) is 4. The van der Waals surface area contributed by atoms with Gasteiger partial charge >= 0.3 is 0 Å². The smallest absolute Gasteiger partial charge is 0.226 e. The molecule has 1 N–H and O–H groups in total. The van der Waals surface area contributed by atoms with E-state index >= 15 is 0 Å². The fourth-order valence-electron chi connectivity index (χ4n) is 3.53. The van der Waals surface area contributed by atoms with Crippen LogP contribution >= 0.6 is 0 Å². The van der Waals surface area contributed by atoms with Crippen LogP contribution in [0.25, 0.3) is 11.0 Å². The minimum atomic E-state index is -1.16. The van der Waals surface area contributed by atoms with Crippen LogP contribution in [0.2, 0.25) is 0 Å². The minimum Gasteiger partial charge on any atom is -0.381 e. The lowest BCUT2D eigenvalue weighted by Crippen LogP contribution is -2.37. The number of H-pyrrole nitrogens is 1. The number of carbonyl (C=O) groups excluding carboxylic acids is 1. The average molecular weight is 347 g/mol. The molecule has 2 aliphatic heterocycles. The van der Waals surface area contributed by atoms with Crippen molar-refractivity contribution in [2.24, 2.45) is 5.92 Å². The monoisotopic (exact) mass is 347 g/mol. The first-order chi connectivity index (χ1) is 12.2. The Morgan fingerprint density at radius 3 is 2.92 bits per heavy atom. The standard InChI is InChI=1S/C18H22FN3O3/c19-13-9-22(18(23)12-5-7-24-8-6-12)10-16(13)25-11-17-20-14-3-1-2-4-15(14)21-17/h1-4,12-13,16H,5-11H2,(H,20,21). The number of hydrogen-bond donors (Lipinski definition) is 1. The largest absolute Gasteiger partial charge is 0.381 e. The molecule has 4 rings (SSSR count). The molecule has 0 bridgehead atoms. The fraction of sp³-hybridized carbons (Fsp3) is 0.556. The second-order valence-electron chi connectivity index (χ2n) is 6.70. The van der Waals surface area contributed by atoms with E-state index in [4.69, 9.17) is 9.47 Å². The van der Waals surface area contributed by atoms with Gasteiger partial charge in [0.05, 0.1) is 17.6 Å². The van der Waals surface area contributed by atoms with Gasteiger partial charge in [-0.2, -0.15) is 0 Å². The van der Waals surface area contributed by atoms with Crippen molar-refractivity contribution in [2.75, 3.05) is 26.3 Å². The predicted molar refractivity (Wildman–Crippen MR) is 89.7 cm³/mol. The van der Waals surface area contributed by atoms with E-state index in [1.807, 2.05) is 24.3 Å². The van der Waals surface area contributed by atoms with E-state index in [2.05, 4.69) is 9.97 Å². The van der Waals surface area contributed by atoms with E-state index in [0.29, 0.717) is 25.6 Å². The summed E-state index contributed by atoms with van der Waals surface area (Å²) in [5, 5.41) is 0. The number of para-hydroxylation sites is 2. The van der Waals surface area contributed by atoms with E-state index in [-0.39, 0.29) is 25.0 Å². The topological polar surface area (TPSA) is 67.4 Å². The van der Waals surface area contributed by atoms with Gasteiger partial charge in [-0.3, -0.25) is 4.79 Å². The molecule has 7 heteroatoms. The molecule has 1 aromatic carbocycles. The van der Waals surface area contributed by atoms with E-state index in [1.54, 1.807) is 4.90 Å². The fourth-order valence-corrected chi connectivity index (χ4v) is 3.53. The molecule has 1 amide bonds. The summed E-state index contributed by atoms with van der Waals surface area (Å²) in [5.41, 5.74) is 1.79. The highest BCUT2D eigenvalue weighted by molar-refractivity contribution is 5.79. The number of rotatable bonds is 4. The highest BCUT2D eigenvalue weighted by Gasteiger charge is 2.38.